The summed E-state index contributed by atoms with van der Waals surface area (Å²) in [6, 6.07) is 14.3. The van der Waals surface area contributed by atoms with Crippen molar-refractivity contribution in [1.29, 1.82) is 0 Å². The molecule has 0 atom stereocenters. The molecular weight excluding hydrogens is 416 g/mol. The lowest BCUT2D eigenvalue weighted by Crippen LogP contribution is -2.43. The Morgan fingerprint density at radius 1 is 0.939 bits per heavy atom. The third-order valence-electron chi connectivity index (χ3n) is 6.67. The van der Waals surface area contributed by atoms with Gasteiger partial charge >= 0.3 is 0 Å². The fourth-order valence-electron chi connectivity index (χ4n) is 4.81. The maximum Gasteiger partial charge on any atom is 0.289 e. The van der Waals surface area contributed by atoms with Crippen molar-refractivity contribution in [2.75, 3.05) is 26.2 Å². The molecule has 0 saturated carbocycles. The molecule has 2 saturated heterocycles. The first-order valence-electron chi connectivity index (χ1n) is 12.0. The van der Waals surface area contributed by atoms with Crippen LogP contribution in [0.15, 0.2) is 65.6 Å². The molecule has 5 rings (SSSR count). The van der Waals surface area contributed by atoms with Gasteiger partial charge in [-0.25, -0.2) is 4.98 Å². The maximum absolute atomic E-state index is 12.9. The number of likely N-dealkylation sites (tertiary alicyclic amines) is 2. The summed E-state index contributed by atoms with van der Waals surface area (Å²) >= 11 is 0. The van der Waals surface area contributed by atoms with Gasteiger partial charge in [0, 0.05) is 45.1 Å². The topological polar surface area (TPSA) is 63.7 Å². The van der Waals surface area contributed by atoms with Crippen molar-refractivity contribution in [3.63, 3.8) is 0 Å². The van der Waals surface area contributed by atoms with Gasteiger partial charge in [-0.05, 0) is 43.4 Å². The summed E-state index contributed by atoms with van der Waals surface area (Å²) in [4.78, 5) is 21.3. The summed E-state index contributed by atoms with van der Waals surface area (Å²) in [5.41, 5.74) is 1.37. The normalized spacial score (nSPS) is 18.6. The first-order chi connectivity index (χ1) is 16.2. The molecule has 0 unspecified atom stereocenters. The zero-order chi connectivity index (χ0) is 22.5. The van der Waals surface area contributed by atoms with Gasteiger partial charge in [0.05, 0.1) is 25.1 Å². The Labute approximate surface area is 195 Å². The van der Waals surface area contributed by atoms with Gasteiger partial charge in [-0.1, -0.05) is 30.3 Å². The van der Waals surface area contributed by atoms with Gasteiger partial charge in [0.1, 0.15) is 5.76 Å². The monoisotopic (exact) mass is 448 g/mol. The number of carbonyl (C=O) groups excluding carboxylic acids is 1. The summed E-state index contributed by atoms with van der Waals surface area (Å²) in [7, 11) is 0. The second-order valence-corrected chi connectivity index (χ2v) is 9.09. The van der Waals surface area contributed by atoms with E-state index in [0.29, 0.717) is 31.5 Å². The van der Waals surface area contributed by atoms with Crippen LogP contribution in [-0.4, -0.2) is 63.6 Å². The molecule has 4 heterocycles. The molecule has 0 radical (unpaired) electrons. The van der Waals surface area contributed by atoms with E-state index in [4.69, 9.17) is 9.15 Å². The van der Waals surface area contributed by atoms with Crippen molar-refractivity contribution in [1.82, 2.24) is 19.4 Å². The molecular formula is C26H32N4O3. The first kappa shape index (κ1) is 21.9. The van der Waals surface area contributed by atoms with E-state index in [2.05, 4.69) is 40.2 Å². The van der Waals surface area contributed by atoms with Crippen molar-refractivity contribution >= 4 is 5.91 Å². The summed E-state index contributed by atoms with van der Waals surface area (Å²) in [6.45, 7) is 5.19. The Balaban J connectivity index is 1.04. The summed E-state index contributed by atoms with van der Waals surface area (Å²) in [5, 5.41) is 0. The molecule has 174 valence electrons. The molecule has 0 N–H and O–H groups in total. The Bertz CT molecular complexity index is 1000. The van der Waals surface area contributed by atoms with E-state index in [-0.39, 0.29) is 12.0 Å². The highest BCUT2D eigenvalue weighted by atomic mass is 16.5. The van der Waals surface area contributed by atoms with Gasteiger partial charge in [-0.15, -0.1) is 0 Å². The van der Waals surface area contributed by atoms with E-state index in [0.717, 1.165) is 51.1 Å². The number of hydrogen-bond donors (Lipinski definition) is 0. The standard InChI is InChI=1S/C26H32N4O3/c31-26(25-7-6-24(33-25)19-29-17-12-27-20-29)30-15-10-23(11-16-30)32-22-8-13-28(14-9-22)18-21-4-2-1-3-5-21/h1-7,12,17,20,22-23H,8-11,13-16,18-19H2. The number of imidazole rings is 1. The van der Waals surface area contributed by atoms with Gasteiger partial charge in [-0.2, -0.15) is 0 Å². The van der Waals surface area contributed by atoms with Crippen LogP contribution in [0.1, 0.15) is 47.6 Å². The first-order valence-corrected chi connectivity index (χ1v) is 12.0. The van der Waals surface area contributed by atoms with Gasteiger partial charge in [-0.3, -0.25) is 9.69 Å². The molecule has 0 spiro atoms. The molecule has 7 heteroatoms. The summed E-state index contributed by atoms with van der Waals surface area (Å²) < 4.78 is 14.1. The summed E-state index contributed by atoms with van der Waals surface area (Å²) in [6.07, 6.45) is 9.86. The number of aromatic nitrogens is 2. The quantitative estimate of drug-likeness (QED) is 0.550. The van der Waals surface area contributed by atoms with Crippen LogP contribution in [0.25, 0.3) is 0 Å². The number of rotatable bonds is 7. The molecule has 1 aromatic carbocycles. The number of piperidine rings is 2. The minimum Gasteiger partial charge on any atom is -0.454 e. The molecule has 33 heavy (non-hydrogen) atoms. The van der Waals surface area contributed by atoms with E-state index >= 15 is 0 Å². The average Bonchev–Trinajstić information content (AvgIpc) is 3.54. The minimum atomic E-state index is -0.0282. The highest BCUT2D eigenvalue weighted by molar-refractivity contribution is 5.91. The van der Waals surface area contributed by atoms with Crippen LogP contribution in [-0.2, 0) is 17.8 Å². The zero-order valence-corrected chi connectivity index (χ0v) is 19.0. The molecule has 3 aromatic rings. The van der Waals surface area contributed by atoms with Crippen molar-refractivity contribution in [2.24, 2.45) is 0 Å². The van der Waals surface area contributed by atoms with Crippen LogP contribution >= 0.6 is 0 Å². The van der Waals surface area contributed by atoms with Crippen LogP contribution in [0.5, 0.6) is 0 Å². The number of furan rings is 1. The smallest absolute Gasteiger partial charge is 0.289 e. The molecule has 2 aromatic heterocycles. The lowest BCUT2D eigenvalue weighted by atomic mass is 10.0. The fourth-order valence-corrected chi connectivity index (χ4v) is 4.81. The average molecular weight is 449 g/mol. The number of ether oxygens (including phenoxy) is 1. The SMILES string of the molecule is O=C(c1ccc(Cn2ccnc2)o1)N1CCC(OC2CCN(Cc3ccccc3)CC2)CC1. The number of benzene rings is 1. The number of nitrogens with zero attached hydrogens (tertiary/aromatic N) is 4. The van der Waals surface area contributed by atoms with E-state index in [1.54, 1.807) is 18.6 Å². The van der Waals surface area contributed by atoms with Crippen molar-refractivity contribution < 1.29 is 13.9 Å². The van der Waals surface area contributed by atoms with Gasteiger partial charge < -0.3 is 18.6 Å². The Kier molecular flexibility index (Phi) is 6.88. The van der Waals surface area contributed by atoms with Crippen LogP contribution in [0.2, 0.25) is 0 Å². The number of amides is 1. The van der Waals surface area contributed by atoms with Crippen LogP contribution in [0.3, 0.4) is 0 Å². The lowest BCUT2D eigenvalue weighted by molar-refractivity contribution is -0.0630. The maximum atomic E-state index is 12.9. The van der Waals surface area contributed by atoms with E-state index < -0.39 is 0 Å². The predicted molar refractivity (Wildman–Crippen MR) is 125 cm³/mol. The van der Waals surface area contributed by atoms with Crippen molar-refractivity contribution in [3.8, 4) is 0 Å². The van der Waals surface area contributed by atoms with E-state index in [9.17, 15) is 4.79 Å². The molecule has 2 fully saturated rings. The molecule has 1 amide bonds. The largest absolute Gasteiger partial charge is 0.454 e. The summed E-state index contributed by atoms with van der Waals surface area (Å²) in [5.74, 6) is 1.14. The molecule has 7 nitrogen and oxygen atoms in total. The molecule has 2 aliphatic heterocycles. The fraction of sp³-hybridized carbons (Fsp3) is 0.462. The Hall–Kier alpha value is -2.90. The third-order valence-corrected chi connectivity index (χ3v) is 6.67. The van der Waals surface area contributed by atoms with Crippen LogP contribution in [0.4, 0.5) is 0 Å². The van der Waals surface area contributed by atoms with Gasteiger partial charge in [0.2, 0.25) is 0 Å². The Morgan fingerprint density at radius 2 is 1.67 bits per heavy atom. The molecule has 0 bridgehead atoms. The second kappa shape index (κ2) is 10.4. The van der Waals surface area contributed by atoms with Crippen LogP contribution < -0.4 is 0 Å². The van der Waals surface area contributed by atoms with E-state index in [1.807, 2.05) is 21.7 Å². The van der Waals surface area contributed by atoms with Crippen LogP contribution in [0, 0.1) is 0 Å². The zero-order valence-electron chi connectivity index (χ0n) is 19.0. The Morgan fingerprint density at radius 3 is 2.36 bits per heavy atom. The lowest BCUT2D eigenvalue weighted by Gasteiger charge is -2.37. The second-order valence-electron chi connectivity index (χ2n) is 9.09. The van der Waals surface area contributed by atoms with Crippen molar-refractivity contribution in [3.05, 3.63) is 78.3 Å². The molecule has 0 aliphatic carbocycles. The number of carbonyl (C=O) groups is 1. The van der Waals surface area contributed by atoms with Crippen molar-refractivity contribution in [2.45, 2.75) is 51.0 Å². The molecule has 2 aliphatic rings. The highest BCUT2D eigenvalue weighted by Crippen LogP contribution is 2.23. The van der Waals surface area contributed by atoms with Gasteiger partial charge in [0.15, 0.2) is 5.76 Å². The van der Waals surface area contributed by atoms with Gasteiger partial charge in [0.25, 0.3) is 5.91 Å². The highest BCUT2D eigenvalue weighted by Gasteiger charge is 2.29. The third kappa shape index (κ3) is 5.72. The van der Waals surface area contributed by atoms with E-state index in [1.165, 1.54) is 5.56 Å². The minimum absolute atomic E-state index is 0.0282. The number of hydrogen-bond acceptors (Lipinski definition) is 5. The predicted octanol–water partition coefficient (Wildman–Crippen LogP) is 3.81.